The van der Waals surface area contributed by atoms with Gasteiger partial charge in [-0.15, -0.1) is 0 Å². The first-order valence-corrected chi connectivity index (χ1v) is 7.23. The first-order chi connectivity index (χ1) is 8.26. The molecule has 0 radical (unpaired) electrons. The van der Waals surface area contributed by atoms with Gasteiger partial charge in [-0.2, -0.15) is 12.6 Å². The second-order valence-electron chi connectivity index (χ2n) is 4.69. The summed E-state index contributed by atoms with van der Waals surface area (Å²) >= 11 is 4.23. The first-order valence-electron chi connectivity index (χ1n) is 6.60. The van der Waals surface area contributed by atoms with E-state index in [-0.39, 0.29) is 0 Å². The lowest BCUT2D eigenvalue weighted by Gasteiger charge is -2.05. The molecule has 0 saturated carbocycles. The molecule has 0 spiro atoms. The highest BCUT2D eigenvalue weighted by Crippen LogP contribution is 2.13. The molecule has 0 amide bonds. The molecule has 0 heterocycles. The molecule has 1 heteroatoms. The zero-order chi connectivity index (χ0) is 12.5. The Morgan fingerprint density at radius 2 is 2.00 bits per heavy atom. The van der Waals surface area contributed by atoms with Gasteiger partial charge in [0.2, 0.25) is 0 Å². The van der Waals surface area contributed by atoms with Gasteiger partial charge < -0.3 is 0 Å². The quantitative estimate of drug-likeness (QED) is 0.398. The van der Waals surface area contributed by atoms with Crippen LogP contribution in [0.5, 0.6) is 0 Å². The SMILES string of the molecule is CCCCCc1cccc(CC(C)=CCS)c1. The Kier molecular flexibility index (Phi) is 7.11. The van der Waals surface area contributed by atoms with Gasteiger partial charge in [-0.3, -0.25) is 0 Å². The van der Waals surface area contributed by atoms with Crippen LogP contribution in [0.3, 0.4) is 0 Å². The van der Waals surface area contributed by atoms with E-state index in [2.05, 4.69) is 56.8 Å². The molecule has 1 aromatic rings. The van der Waals surface area contributed by atoms with Crippen molar-refractivity contribution in [3.05, 3.63) is 47.0 Å². The van der Waals surface area contributed by atoms with Crippen molar-refractivity contribution in [1.29, 1.82) is 0 Å². The molecule has 0 unspecified atom stereocenters. The van der Waals surface area contributed by atoms with E-state index >= 15 is 0 Å². The minimum absolute atomic E-state index is 0.835. The van der Waals surface area contributed by atoms with Crippen LogP contribution in [-0.4, -0.2) is 5.75 Å². The van der Waals surface area contributed by atoms with Crippen LogP contribution in [-0.2, 0) is 12.8 Å². The third kappa shape index (κ3) is 5.97. The molecule has 0 fully saturated rings. The summed E-state index contributed by atoms with van der Waals surface area (Å²) in [6.07, 6.45) is 8.41. The minimum atomic E-state index is 0.835. The van der Waals surface area contributed by atoms with Gasteiger partial charge in [0.15, 0.2) is 0 Å². The van der Waals surface area contributed by atoms with Crippen molar-refractivity contribution in [3.63, 3.8) is 0 Å². The molecular weight excluding hydrogens is 224 g/mol. The van der Waals surface area contributed by atoms with Crippen molar-refractivity contribution >= 4 is 12.6 Å². The standard InChI is InChI=1S/C16H24S/c1-3-4-5-7-15-8-6-9-16(13-15)12-14(2)10-11-17/h6,8-10,13,17H,3-5,7,11-12H2,1-2H3. The lowest BCUT2D eigenvalue weighted by molar-refractivity contribution is 0.717. The van der Waals surface area contributed by atoms with Crippen LogP contribution in [0.25, 0.3) is 0 Å². The largest absolute Gasteiger partial charge is 0.175 e. The number of unbranched alkanes of at least 4 members (excludes halogenated alkanes) is 2. The van der Waals surface area contributed by atoms with Crippen LogP contribution >= 0.6 is 12.6 Å². The van der Waals surface area contributed by atoms with E-state index in [0.717, 1.165) is 12.2 Å². The topological polar surface area (TPSA) is 0 Å². The van der Waals surface area contributed by atoms with E-state index in [4.69, 9.17) is 0 Å². The molecule has 0 aliphatic heterocycles. The molecule has 0 nitrogen and oxygen atoms in total. The summed E-state index contributed by atoms with van der Waals surface area (Å²) in [5, 5.41) is 0. The van der Waals surface area contributed by atoms with Gasteiger partial charge in [0.1, 0.15) is 0 Å². The van der Waals surface area contributed by atoms with Gasteiger partial charge in [0.05, 0.1) is 0 Å². The second-order valence-corrected chi connectivity index (χ2v) is 5.05. The van der Waals surface area contributed by atoms with Crippen LogP contribution in [0, 0.1) is 0 Å². The molecule has 0 bridgehead atoms. The summed E-state index contributed by atoms with van der Waals surface area (Å²) in [5.41, 5.74) is 4.31. The highest BCUT2D eigenvalue weighted by atomic mass is 32.1. The Morgan fingerprint density at radius 1 is 1.24 bits per heavy atom. The number of thiol groups is 1. The van der Waals surface area contributed by atoms with Crippen LogP contribution in [0.2, 0.25) is 0 Å². The van der Waals surface area contributed by atoms with Gasteiger partial charge in [-0.25, -0.2) is 0 Å². The summed E-state index contributed by atoms with van der Waals surface area (Å²) < 4.78 is 0. The second kappa shape index (κ2) is 8.41. The van der Waals surface area contributed by atoms with E-state index in [1.165, 1.54) is 42.4 Å². The summed E-state index contributed by atoms with van der Waals surface area (Å²) in [7, 11) is 0. The van der Waals surface area contributed by atoms with Crippen LogP contribution in [0.15, 0.2) is 35.9 Å². The summed E-state index contributed by atoms with van der Waals surface area (Å²) in [6, 6.07) is 9.01. The Bertz CT molecular complexity index is 352. The van der Waals surface area contributed by atoms with E-state index < -0.39 is 0 Å². The average Bonchev–Trinajstić information content (AvgIpc) is 2.30. The monoisotopic (exact) mass is 248 g/mol. The Hall–Kier alpha value is -0.690. The maximum absolute atomic E-state index is 4.23. The number of aryl methyl sites for hydroxylation is 1. The fraction of sp³-hybridized carbons (Fsp3) is 0.500. The van der Waals surface area contributed by atoms with E-state index in [1.807, 2.05) is 0 Å². The normalized spacial score (nSPS) is 11.8. The van der Waals surface area contributed by atoms with Crippen LogP contribution in [0.1, 0.15) is 44.2 Å². The van der Waals surface area contributed by atoms with E-state index in [0.29, 0.717) is 0 Å². The Morgan fingerprint density at radius 3 is 2.71 bits per heavy atom. The lowest BCUT2D eigenvalue weighted by atomic mass is 10.0. The van der Waals surface area contributed by atoms with E-state index in [9.17, 15) is 0 Å². The predicted octanol–water partition coefficient (Wildman–Crippen LogP) is 4.84. The maximum Gasteiger partial charge on any atom is 0.00852 e. The third-order valence-electron chi connectivity index (χ3n) is 2.98. The molecule has 1 aromatic carbocycles. The van der Waals surface area contributed by atoms with Crippen LogP contribution < -0.4 is 0 Å². The average molecular weight is 248 g/mol. The molecule has 0 N–H and O–H groups in total. The number of rotatable bonds is 7. The molecule has 0 aliphatic rings. The zero-order valence-electron chi connectivity index (χ0n) is 11.1. The van der Waals surface area contributed by atoms with Gasteiger partial charge in [0.25, 0.3) is 0 Å². The molecule has 0 aromatic heterocycles. The van der Waals surface area contributed by atoms with Crippen molar-refractivity contribution in [2.75, 3.05) is 5.75 Å². The predicted molar refractivity (Wildman–Crippen MR) is 81.0 cm³/mol. The molecule has 0 atom stereocenters. The third-order valence-corrected chi connectivity index (χ3v) is 3.17. The zero-order valence-corrected chi connectivity index (χ0v) is 12.0. The Labute approximate surface area is 112 Å². The summed E-state index contributed by atoms with van der Waals surface area (Å²) in [5.74, 6) is 0.835. The number of benzene rings is 1. The summed E-state index contributed by atoms with van der Waals surface area (Å²) in [4.78, 5) is 0. The molecule has 1 rings (SSSR count). The molecular formula is C16H24S. The minimum Gasteiger partial charge on any atom is -0.175 e. The first kappa shape index (κ1) is 14.4. The molecule has 0 aliphatic carbocycles. The van der Waals surface area contributed by atoms with Crippen molar-refractivity contribution in [1.82, 2.24) is 0 Å². The van der Waals surface area contributed by atoms with E-state index in [1.54, 1.807) is 0 Å². The number of allylic oxidation sites excluding steroid dienone is 1. The van der Waals surface area contributed by atoms with Crippen LogP contribution in [0.4, 0.5) is 0 Å². The lowest BCUT2D eigenvalue weighted by Crippen LogP contribution is -1.91. The number of hydrogen-bond donors (Lipinski definition) is 1. The highest BCUT2D eigenvalue weighted by Gasteiger charge is 1.97. The number of hydrogen-bond acceptors (Lipinski definition) is 1. The van der Waals surface area contributed by atoms with Crippen molar-refractivity contribution in [2.24, 2.45) is 0 Å². The molecule has 94 valence electrons. The van der Waals surface area contributed by atoms with Gasteiger partial charge in [0, 0.05) is 5.75 Å². The fourth-order valence-electron chi connectivity index (χ4n) is 2.02. The van der Waals surface area contributed by atoms with Gasteiger partial charge >= 0.3 is 0 Å². The smallest absolute Gasteiger partial charge is 0.00852 e. The van der Waals surface area contributed by atoms with Crippen molar-refractivity contribution in [2.45, 2.75) is 46.0 Å². The summed E-state index contributed by atoms with van der Waals surface area (Å²) in [6.45, 7) is 4.43. The van der Waals surface area contributed by atoms with Gasteiger partial charge in [-0.05, 0) is 37.3 Å². The van der Waals surface area contributed by atoms with Crippen molar-refractivity contribution in [3.8, 4) is 0 Å². The van der Waals surface area contributed by atoms with Crippen molar-refractivity contribution < 1.29 is 0 Å². The highest BCUT2D eigenvalue weighted by molar-refractivity contribution is 7.80. The molecule has 17 heavy (non-hydrogen) atoms. The fourth-order valence-corrected chi connectivity index (χ4v) is 2.34. The Balaban J connectivity index is 2.56. The maximum atomic E-state index is 4.23. The molecule has 0 saturated heterocycles. The van der Waals surface area contributed by atoms with Gasteiger partial charge in [-0.1, -0.05) is 55.7 Å².